The first-order valence-electron chi connectivity index (χ1n) is 8.45. The number of fused-ring (bicyclic) bond motifs is 1. The maximum atomic E-state index is 12.9. The van der Waals surface area contributed by atoms with E-state index in [-0.39, 0.29) is 18.0 Å². The number of halogens is 3. The van der Waals surface area contributed by atoms with Crippen molar-refractivity contribution in [1.29, 1.82) is 0 Å². The van der Waals surface area contributed by atoms with Crippen molar-refractivity contribution in [2.75, 3.05) is 6.54 Å². The fourth-order valence-corrected chi connectivity index (χ4v) is 4.58. The Labute approximate surface area is 159 Å². The number of nitrogens with zero attached hydrogens (tertiary/aromatic N) is 2. The van der Waals surface area contributed by atoms with Crippen molar-refractivity contribution >= 4 is 10.0 Å². The smallest absolute Gasteiger partial charge is 0.361 e. The van der Waals surface area contributed by atoms with Crippen LogP contribution in [0.3, 0.4) is 0 Å². The largest absolute Gasteiger partial charge is 0.416 e. The van der Waals surface area contributed by atoms with Crippen molar-refractivity contribution in [3.8, 4) is 11.1 Å². The quantitative estimate of drug-likeness (QED) is 0.654. The van der Waals surface area contributed by atoms with Crippen molar-refractivity contribution in [2.24, 2.45) is 0 Å². The fraction of sp³-hybridized carbons (Fsp3) is 0.211. The Balaban J connectivity index is 1.60. The van der Waals surface area contributed by atoms with Gasteiger partial charge in [0.15, 0.2) is 0 Å². The van der Waals surface area contributed by atoms with E-state index in [1.165, 1.54) is 40.8 Å². The fourth-order valence-electron chi connectivity index (χ4n) is 3.16. The molecule has 4 rings (SSSR count). The summed E-state index contributed by atoms with van der Waals surface area (Å²) in [5.74, 6) is 0.686. The van der Waals surface area contributed by atoms with Crippen molar-refractivity contribution in [3.05, 3.63) is 71.6 Å². The van der Waals surface area contributed by atoms with Gasteiger partial charge in [0.25, 0.3) is 0 Å². The summed E-state index contributed by atoms with van der Waals surface area (Å²) in [4.78, 5) is 0.0862. The van der Waals surface area contributed by atoms with Crippen LogP contribution in [0.4, 0.5) is 13.2 Å². The molecule has 3 aromatic rings. The van der Waals surface area contributed by atoms with Gasteiger partial charge in [-0.1, -0.05) is 29.4 Å². The van der Waals surface area contributed by atoms with Crippen molar-refractivity contribution in [1.82, 2.24) is 9.46 Å². The van der Waals surface area contributed by atoms with Crippen LogP contribution in [0.2, 0.25) is 0 Å². The first-order valence-corrected chi connectivity index (χ1v) is 9.89. The molecule has 1 aromatic heterocycles. The summed E-state index contributed by atoms with van der Waals surface area (Å²) in [5.41, 5.74) is 0.853. The summed E-state index contributed by atoms with van der Waals surface area (Å²) >= 11 is 0. The van der Waals surface area contributed by atoms with Gasteiger partial charge in [-0.05, 0) is 35.4 Å². The molecule has 0 bridgehead atoms. The van der Waals surface area contributed by atoms with Crippen LogP contribution in [0.5, 0.6) is 0 Å². The van der Waals surface area contributed by atoms with Crippen LogP contribution in [-0.2, 0) is 29.2 Å². The number of hydrogen-bond acceptors (Lipinski definition) is 4. The molecule has 146 valence electrons. The minimum atomic E-state index is -4.44. The summed E-state index contributed by atoms with van der Waals surface area (Å²) in [6, 6.07) is 10.8. The molecule has 0 radical (unpaired) electrons. The number of benzene rings is 2. The van der Waals surface area contributed by atoms with E-state index in [1.807, 2.05) is 0 Å². The van der Waals surface area contributed by atoms with E-state index >= 15 is 0 Å². The van der Waals surface area contributed by atoms with Gasteiger partial charge >= 0.3 is 6.18 Å². The van der Waals surface area contributed by atoms with Gasteiger partial charge in [0.1, 0.15) is 5.76 Å². The second-order valence-corrected chi connectivity index (χ2v) is 8.40. The number of aromatic nitrogens is 1. The van der Waals surface area contributed by atoms with Crippen molar-refractivity contribution in [3.63, 3.8) is 0 Å². The first-order chi connectivity index (χ1) is 13.2. The maximum absolute atomic E-state index is 12.9. The van der Waals surface area contributed by atoms with Crippen LogP contribution in [0.15, 0.2) is 64.1 Å². The van der Waals surface area contributed by atoms with E-state index in [4.69, 9.17) is 4.52 Å². The highest BCUT2D eigenvalue weighted by atomic mass is 32.2. The van der Waals surface area contributed by atoms with E-state index < -0.39 is 21.8 Å². The van der Waals surface area contributed by atoms with Crippen LogP contribution in [0.25, 0.3) is 11.1 Å². The molecular formula is C19H15F3N2O3S. The predicted molar refractivity (Wildman–Crippen MR) is 94.7 cm³/mol. The zero-order valence-electron chi connectivity index (χ0n) is 14.5. The van der Waals surface area contributed by atoms with Crippen molar-refractivity contribution in [2.45, 2.75) is 24.0 Å². The Morgan fingerprint density at radius 2 is 1.79 bits per heavy atom. The lowest BCUT2D eigenvalue weighted by Crippen LogP contribution is -2.35. The molecule has 9 heteroatoms. The average molecular weight is 408 g/mol. The van der Waals surface area contributed by atoms with Crippen LogP contribution in [0, 0.1) is 0 Å². The molecule has 1 aliphatic heterocycles. The number of sulfonamides is 1. The van der Waals surface area contributed by atoms with E-state index in [1.54, 1.807) is 6.07 Å². The molecular weight excluding hydrogens is 393 g/mol. The molecule has 0 unspecified atom stereocenters. The molecule has 0 atom stereocenters. The minimum absolute atomic E-state index is 0.0862. The number of alkyl halides is 3. The highest BCUT2D eigenvalue weighted by molar-refractivity contribution is 7.89. The van der Waals surface area contributed by atoms with Gasteiger partial charge in [-0.15, -0.1) is 0 Å². The summed E-state index contributed by atoms with van der Waals surface area (Å²) in [6.45, 7) is 0.455. The third-order valence-electron chi connectivity index (χ3n) is 4.68. The molecule has 1 aliphatic rings. The zero-order valence-corrected chi connectivity index (χ0v) is 15.3. The summed E-state index contributed by atoms with van der Waals surface area (Å²) < 4.78 is 70.9. The summed E-state index contributed by atoms with van der Waals surface area (Å²) in [7, 11) is -3.73. The normalized spacial score (nSPS) is 15.4. The lowest BCUT2D eigenvalue weighted by molar-refractivity contribution is -0.137. The molecule has 0 aliphatic carbocycles. The highest BCUT2D eigenvalue weighted by Gasteiger charge is 2.31. The zero-order chi connectivity index (χ0) is 19.9. The summed E-state index contributed by atoms with van der Waals surface area (Å²) in [6.07, 6.45) is -2.49. The van der Waals surface area contributed by atoms with Crippen LogP contribution in [0.1, 0.15) is 16.9 Å². The van der Waals surface area contributed by atoms with E-state index in [9.17, 15) is 21.6 Å². The van der Waals surface area contributed by atoms with Crippen molar-refractivity contribution < 1.29 is 26.1 Å². The van der Waals surface area contributed by atoms with E-state index in [0.717, 1.165) is 17.7 Å². The third kappa shape index (κ3) is 3.43. The van der Waals surface area contributed by atoms with Gasteiger partial charge in [-0.3, -0.25) is 0 Å². The van der Waals surface area contributed by atoms with E-state index in [2.05, 4.69) is 5.16 Å². The Morgan fingerprint density at radius 3 is 2.50 bits per heavy atom. The molecule has 0 fully saturated rings. The highest BCUT2D eigenvalue weighted by Crippen LogP contribution is 2.33. The second kappa shape index (κ2) is 6.75. The molecule has 0 amide bonds. The maximum Gasteiger partial charge on any atom is 0.416 e. The Bertz CT molecular complexity index is 1110. The molecule has 0 N–H and O–H groups in total. The topological polar surface area (TPSA) is 63.4 Å². The lowest BCUT2D eigenvalue weighted by Gasteiger charge is -2.25. The Kier molecular flexibility index (Phi) is 4.51. The SMILES string of the molecule is O=S(=O)(c1ccc(-c2cccc(C(F)(F)F)c2)cc1)N1CCc2oncc2C1. The first kappa shape index (κ1) is 18.7. The van der Waals surface area contributed by atoms with Crippen LogP contribution >= 0.6 is 0 Å². The Hall–Kier alpha value is -2.65. The van der Waals surface area contributed by atoms with Crippen LogP contribution in [-0.4, -0.2) is 24.4 Å². The minimum Gasteiger partial charge on any atom is -0.361 e. The van der Waals surface area contributed by atoms with Gasteiger partial charge < -0.3 is 4.52 Å². The van der Waals surface area contributed by atoms with E-state index in [0.29, 0.717) is 23.3 Å². The van der Waals surface area contributed by atoms with Gasteiger partial charge in [0.2, 0.25) is 10.0 Å². The molecule has 5 nitrogen and oxygen atoms in total. The van der Waals surface area contributed by atoms with Gasteiger partial charge in [0.05, 0.1) is 16.7 Å². The van der Waals surface area contributed by atoms with Gasteiger partial charge in [-0.25, -0.2) is 8.42 Å². The molecule has 2 aromatic carbocycles. The molecule has 28 heavy (non-hydrogen) atoms. The second-order valence-electron chi connectivity index (χ2n) is 6.47. The van der Waals surface area contributed by atoms with Gasteiger partial charge in [-0.2, -0.15) is 17.5 Å². The summed E-state index contributed by atoms with van der Waals surface area (Å²) in [5, 5.41) is 3.69. The molecule has 0 saturated carbocycles. The molecule has 2 heterocycles. The van der Waals surface area contributed by atoms with Crippen LogP contribution < -0.4 is 0 Å². The number of hydrogen-bond donors (Lipinski definition) is 0. The average Bonchev–Trinajstić information content (AvgIpc) is 3.15. The predicted octanol–water partition coefficient (Wildman–Crippen LogP) is 4.11. The standard InChI is InChI=1S/C19H15F3N2O3S/c20-19(21,22)16-3-1-2-14(10-16)13-4-6-17(7-5-13)28(25,26)24-9-8-18-15(12-24)11-23-27-18/h1-7,10-11H,8-9,12H2. The lowest BCUT2D eigenvalue weighted by atomic mass is 10.0. The molecule has 0 saturated heterocycles. The number of rotatable bonds is 3. The molecule has 0 spiro atoms. The Morgan fingerprint density at radius 1 is 1.04 bits per heavy atom. The third-order valence-corrected chi connectivity index (χ3v) is 6.54. The monoisotopic (exact) mass is 408 g/mol. The van der Waals surface area contributed by atoms with Gasteiger partial charge in [0, 0.05) is 25.1 Å².